The van der Waals surface area contributed by atoms with Crippen LogP contribution in [0.25, 0.3) is 0 Å². The highest BCUT2D eigenvalue weighted by Gasteiger charge is 2.38. The number of nitrogens with zero attached hydrogens (tertiary/aromatic N) is 3. The van der Waals surface area contributed by atoms with E-state index >= 15 is 0 Å². The van der Waals surface area contributed by atoms with Gasteiger partial charge < -0.3 is 5.32 Å². The van der Waals surface area contributed by atoms with Crippen LogP contribution in [-0.2, 0) is 14.8 Å². The van der Waals surface area contributed by atoms with Gasteiger partial charge in [-0.05, 0) is 57.0 Å². The zero-order valence-electron chi connectivity index (χ0n) is 18.3. The molecule has 0 aliphatic carbocycles. The quantitative estimate of drug-likeness (QED) is 0.772. The zero-order valence-corrected chi connectivity index (χ0v) is 19.1. The van der Waals surface area contributed by atoms with Crippen LogP contribution < -0.4 is 5.32 Å². The van der Waals surface area contributed by atoms with E-state index in [1.165, 1.54) is 16.4 Å². The summed E-state index contributed by atoms with van der Waals surface area (Å²) in [5.74, 6) is -0.116. The number of aryl methyl sites for hydroxylation is 2. The van der Waals surface area contributed by atoms with Gasteiger partial charge in [0.05, 0.1) is 23.1 Å². The molecule has 2 aromatic rings. The summed E-state index contributed by atoms with van der Waals surface area (Å²) < 4.78 is 28.0. The van der Waals surface area contributed by atoms with Crippen LogP contribution >= 0.6 is 0 Å². The first-order chi connectivity index (χ1) is 14.6. The lowest BCUT2D eigenvalue weighted by molar-refractivity contribution is -0.118. The lowest BCUT2D eigenvalue weighted by Gasteiger charge is -2.43. The molecule has 0 saturated carbocycles. The number of amides is 1. The lowest BCUT2D eigenvalue weighted by atomic mass is 10.1. The number of anilines is 1. The molecule has 1 aliphatic rings. The third kappa shape index (κ3) is 4.96. The molecule has 0 aromatic heterocycles. The van der Waals surface area contributed by atoms with E-state index in [-0.39, 0.29) is 29.4 Å². The second-order valence-electron chi connectivity index (χ2n) is 8.18. The summed E-state index contributed by atoms with van der Waals surface area (Å²) in [6.07, 6.45) is 0. The Bertz CT molecular complexity index is 1090. The minimum Gasteiger partial charge on any atom is -0.324 e. The van der Waals surface area contributed by atoms with E-state index in [4.69, 9.17) is 5.26 Å². The molecule has 0 spiro atoms. The molecule has 1 fully saturated rings. The number of rotatable bonds is 5. The number of piperazine rings is 1. The van der Waals surface area contributed by atoms with Gasteiger partial charge >= 0.3 is 0 Å². The van der Waals surface area contributed by atoms with E-state index in [1.807, 2.05) is 56.9 Å². The summed E-state index contributed by atoms with van der Waals surface area (Å²) in [5.41, 5.74) is 3.14. The number of hydrogen-bond donors (Lipinski definition) is 1. The predicted octanol–water partition coefficient (Wildman–Crippen LogP) is 2.90. The Balaban J connectivity index is 1.71. The van der Waals surface area contributed by atoms with Gasteiger partial charge in [0.25, 0.3) is 0 Å². The minimum absolute atomic E-state index is 0.116. The fourth-order valence-electron chi connectivity index (χ4n) is 4.26. The van der Waals surface area contributed by atoms with Gasteiger partial charge in [0.2, 0.25) is 15.9 Å². The lowest BCUT2D eigenvalue weighted by Crippen LogP contribution is -2.59. The average molecular weight is 441 g/mol. The van der Waals surface area contributed by atoms with Crippen molar-refractivity contribution in [1.29, 1.82) is 5.26 Å². The fraction of sp³-hybridized carbons (Fsp3) is 0.391. The maximum atomic E-state index is 13.2. The first-order valence-electron chi connectivity index (χ1n) is 10.3. The van der Waals surface area contributed by atoms with Gasteiger partial charge in [-0.15, -0.1) is 0 Å². The summed E-state index contributed by atoms with van der Waals surface area (Å²) >= 11 is 0. The third-order valence-electron chi connectivity index (χ3n) is 5.56. The molecule has 3 rings (SSSR count). The van der Waals surface area contributed by atoms with Crippen molar-refractivity contribution in [2.24, 2.45) is 0 Å². The standard InChI is InChI=1S/C23H28N4O3S/c1-16-7-5-8-17(2)23(16)25-22(28)15-26-13-18(3)27(19(4)14-26)31(29,30)21-10-6-9-20(11-21)12-24/h5-11,18-19H,13-15H2,1-4H3,(H,25,28)/t18-,19+. The van der Waals surface area contributed by atoms with Crippen LogP contribution in [-0.4, -0.2) is 55.2 Å². The van der Waals surface area contributed by atoms with Gasteiger partial charge in [0.1, 0.15) is 0 Å². The maximum absolute atomic E-state index is 13.2. The molecule has 164 valence electrons. The van der Waals surface area contributed by atoms with Gasteiger partial charge in [-0.1, -0.05) is 24.3 Å². The van der Waals surface area contributed by atoms with Crippen molar-refractivity contribution >= 4 is 21.6 Å². The number of benzene rings is 2. The van der Waals surface area contributed by atoms with Gasteiger partial charge in [-0.3, -0.25) is 9.69 Å². The van der Waals surface area contributed by atoms with Crippen molar-refractivity contribution < 1.29 is 13.2 Å². The number of nitriles is 1. The molecular weight excluding hydrogens is 412 g/mol. The monoisotopic (exact) mass is 440 g/mol. The Kier molecular flexibility index (Phi) is 6.80. The van der Waals surface area contributed by atoms with Gasteiger partial charge in [0.15, 0.2) is 0 Å². The van der Waals surface area contributed by atoms with Gasteiger partial charge in [-0.25, -0.2) is 8.42 Å². The maximum Gasteiger partial charge on any atom is 0.243 e. The summed E-state index contributed by atoms with van der Waals surface area (Å²) in [4.78, 5) is 14.8. The number of carbonyl (C=O) groups excluding carboxylic acids is 1. The molecule has 1 saturated heterocycles. The summed E-state index contributed by atoms with van der Waals surface area (Å²) in [6.45, 7) is 8.69. The Hall–Kier alpha value is -2.73. The van der Waals surface area contributed by atoms with Gasteiger partial charge in [-0.2, -0.15) is 9.57 Å². The molecule has 0 bridgehead atoms. The molecule has 1 heterocycles. The first-order valence-corrected chi connectivity index (χ1v) is 11.7. The second kappa shape index (κ2) is 9.18. The fourth-order valence-corrected chi connectivity index (χ4v) is 6.11. The molecule has 2 atom stereocenters. The molecular formula is C23H28N4O3S. The largest absolute Gasteiger partial charge is 0.324 e. The number of sulfonamides is 1. The zero-order chi connectivity index (χ0) is 22.8. The van der Waals surface area contributed by atoms with Crippen molar-refractivity contribution in [3.05, 3.63) is 59.2 Å². The molecule has 31 heavy (non-hydrogen) atoms. The highest BCUT2D eigenvalue weighted by Crippen LogP contribution is 2.26. The highest BCUT2D eigenvalue weighted by atomic mass is 32.2. The molecule has 0 unspecified atom stereocenters. The normalized spacial score (nSPS) is 20.2. The summed E-state index contributed by atoms with van der Waals surface area (Å²) in [7, 11) is -3.75. The van der Waals surface area contributed by atoms with Crippen LogP contribution in [0.3, 0.4) is 0 Å². The van der Waals surface area contributed by atoms with Crippen molar-refractivity contribution in [2.45, 2.75) is 44.7 Å². The van der Waals surface area contributed by atoms with Crippen molar-refractivity contribution in [1.82, 2.24) is 9.21 Å². The van der Waals surface area contributed by atoms with Crippen molar-refractivity contribution in [3.8, 4) is 6.07 Å². The molecule has 1 N–H and O–H groups in total. The van der Waals surface area contributed by atoms with Crippen molar-refractivity contribution in [3.63, 3.8) is 0 Å². The summed E-state index contributed by atoms with van der Waals surface area (Å²) in [5, 5.41) is 12.1. The molecule has 1 amide bonds. The smallest absolute Gasteiger partial charge is 0.243 e. The van der Waals surface area contributed by atoms with Crippen LogP contribution in [0.2, 0.25) is 0 Å². The Morgan fingerprint density at radius 3 is 2.26 bits per heavy atom. The van der Waals surface area contributed by atoms with E-state index in [0.29, 0.717) is 18.7 Å². The van der Waals surface area contributed by atoms with Gasteiger partial charge in [0, 0.05) is 30.9 Å². The molecule has 8 heteroatoms. The molecule has 0 radical (unpaired) electrons. The average Bonchev–Trinajstić information content (AvgIpc) is 2.70. The number of nitrogens with one attached hydrogen (secondary N) is 1. The minimum atomic E-state index is -3.75. The molecule has 2 aromatic carbocycles. The Labute approximate surface area is 184 Å². The van der Waals surface area contributed by atoms with Crippen LogP contribution in [0.5, 0.6) is 0 Å². The first kappa shape index (κ1) is 22.9. The van der Waals surface area contributed by atoms with Crippen LogP contribution in [0.15, 0.2) is 47.4 Å². The number of hydrogen-bond acceptors (Lipinski definition) is 5. The Morgan fingerprint density at radius 2 is 1.68 bits per heavy atom. The van der Waals surface area contributed by atoms with Crippen molar-refractivity contribution in [2.75, 3.05) is 25.0 Å². The van der Waals surface area contributed by atoms with Crippen LogP contribution in [0, 0.1) is 25.2 Å². The van der Waals surface area contributed by atoms with E-state index in [0.717, 1.165) is 16.8 Å². The second-order valence-corrected chi connectivity index (χ2v) is 10.0. The Morgan fingerprint density at radius 1 is 1.10 bits per heavy atom. The third-order valence-corrected chi connectivity index (χ3v) is 7.69. The summed E-state index contributed by atoms with van der Waals surface area (Å²) in [6, 6.07) is 13.3. The topological polar surface area (TPSA) is 93.5 Å². The van der Waals surface area contributed by atoms with E-state index < -0.39 is 10.0 Å². The van der Waals surface area contributed by atoms with Crippen LogP contribution in [0.4, 0.5) is 5.69 Å². The number of para-hydroxylation sites is 1. The van der Waals surface area contributed by atoms with E-state index in [1.54, 1.807) is 12.1 Å². The van der Waals surface area contributed by atoms with Crippen LogP contribution in [0.1, 0.15) is 30.5 Å². The molecule has 1 aliphatic heterocycles. The number of carbonyl (C=O) groups is 1. The van der Waals surface area contributed by atoms with E-state index in [9.17, 15) is 13.2 Å². The molecule has 7 nitrogen and oxygen atoms in total. The van der Waals surface area contributed by atoms with E-state index in [2.05, 4.69) is 5.32 Å². The highest BCUT2D eigenvalue weighted by molar-refractivity contribution is 7.89. The predicted molar refractivity (Wildman–Crippen MR) is 120 cm³/mol. The SMILES string of the molecule is Cc1cccc(C)c1NC(=O)CN1C[C@@H](C)N(S(=O)(=O)c2cccc(C#N)c2)[C@@H](C)C1.